The Labute approximate surface area is 102 Å². The largest absolute Gasteiger partial charge is 0.399 e. The quantitative estimate of drug-likeness (QED) is 0.585. The minimum atomic E-state index is -0.104. The molecule has 0 aromatic heterocycles. The number of hydrogen-bond acceptors (Lipinski definition) is 3. The van der Waals surface area contributed by atoms with E-state index in [1.165, 1.54) is 0 Å². The van der Waals surface area contributed by atoms with Crippen LogP contribution in [0.2, 0.25) is 0 Å². The molecule has 0 aliphatic carbocycles. The molecule has 0 aliphatic rings. The Balaban J connectivity index is 2.24. The highest BCUT2D eigenvalue weighted by Crippen LogP contribution is 2.08. The molecule has 0 unspecified atom stereocenters. The van der Waals surface area contributed by atoms with E-state index in [1.807, 2.05) is 38.1 Å². The lowest BCUT2D eigenvalue weighted by molar-refractivity contribution is -0.134. The minimum Gasteiger partial charge on any atom is -0.399 e. The molecule has 0 fully saturated rings. The van der Waals surface area contributed by atoms with Crippen LogP contribution in [0.4, 0.5) is 5.69 Å². The van der Waals surface area contributed by atoms with Gasteiger partial charge in [0.05, 0.1) is 6.61 Å². The van der Waals surface area contributed by atoms with E-state index in [1.54, 1.807) is 0 Å². The van der Waals surface area contributed by atoms with Gasteiger partial charge in [-0.15, -0.1) is 0 Å². The number of hydrogen-bond donors (Lipinski definition) is 2. The van der Waals surface area contributed by atoms with Gasteiger partial charge < -0.3 is 5.73 Å². The van der Waals surface area contributed by atoms with E-state index in [0.29, 0.717) is 25.4 Å². The molecule has 17 heavy (non-hydrogen) atoms. The van der Waals surface area contributed by atoms with Crippen molar-refractivity contribution in [2.45, 2.75) is 26.7 Å². The fourth-order valence-electron chi connectivity index (χ4n) is 1.35. The van der Waals surface area contributed by atoms with Gasteiger partial charge >= 0.3 is 0 Å². The monoisotopic (exact) mass is 236 g/mol. The van der Waals surface area contributed by atoms with Crippen LogP contribution in [0.15, 0.2) is 24.3 Å². The summed E-state index contributed by atoms with van der Waals surface area (Å²) in [7, 11) is 0. The molecular weight excluding hydrogens is 216 g/mol. The van der Waals surface area contributed by atoms with Crippen LogP contribution in [-0.2, 0) is 16.1 Å². The number of nitrogens with one attached hydrogen (secondary N) is 1. The number of hydroxylamine groups is 1. The van der Waals surface area contributed by atoms with Crippen LogP contribution < -0.4 is 11.2 Å². The molecule has 0 heterocycles. The van der Waals surface area contributed by atoms with Gasteiger partial charge in [-0.25, -0.2) is 5.48 Å². The SMILES string of the molecule is CC(C)CONC(=O)CCc1cccc(N)c1. The van der Waals surface area contributed by atoms with Gasteiger partial charge in [0.2, 0.25) is 5.91 Å². The number of nitrogens with two attached hydrogens (primary N) is 1. The lowest BCUT2D eigenvalue weighted by atomic mass is 10.1. The molecule has 94 valence electrons. The average Bonchev–Trinajstić information content (AvgIpc) is 2.26. The van der Waals surface area contributed by atoms with E-state index in [-0.39, 0.29) is 5.91 Å². The van der Waals surface area contributed by atoms with Crippen LogP contribution in [0.3, 0.4) is 0 Å². The smallest absolute Gasteiger partial charge is 0.243 e. The molecule has 0 bridgehead atoms. The molecule has 4 nitrogen and oxygen atoms in total. The lowest BCUT2D eigenvalue weighted by Gasteiger charge is -2.07. The van der Waals surface area contributed by atoms with Crippen molar-refractivity contribution in [1.82, 2.24) is 5.48 Å². The Hall–Kier alpha value is -1.55. The van der Waals surface area contributed by atoms with Gasteiger partial charge in [-0.05, 0) is 30.0 Å². The van der Waals surface area contributed by atoms with Crippen LogP contribution >= 0.6 is 0 Å². The Morgan fingerprint density at radius 3 is 2.88 bits per heavy atom. The summed E-state index contributed by atoms with van der Waals surface area (Å²) in [5, 5.41) is 0. The number of nitrogen functional groups attached to an aromatic ring is 1. The van der Waals surface area contributed by atoms with E-state index in [4.69, 9.17) is 10.6 Å². The first-order chi connectivity index (χ1) is 8.08. The van der Waals surface area contributed by atoms with Crippen molar-refractivity contribution in [2.24, 2.45) is 5.92 Å². The van der Waals surface area contributed by atoms with Crippen LogP contribution in [-0.4, -0.2) is 12.5 Å². The van der Waals surface area contributed by atoms with E-state index in [9.17, 15) is 4.79 Å². The molecule has 0 aliphatic heterocycles. The number of carbonyl (C=O) groups excluding carboxylic acids is 1. The van der Waals surface area contributed by atoms with E-state index >= 15 is 0 Å². The molecule has 0 atom stereocenters. The number of benzene rings is 1. The maximum Gasteiger partial charge on any atom is 0.243 e. The molecule has 0 saturated heterocycles. The maximum absolute atomic E-state index is 11.4. The Morgan fingerprint density at radius 1 is 1.47 bits per heavy atom. The summed E-state index contributed by atoms with van der Waals surface area (Å²) in [6.45, 7) is 4.59. The van der Waals surface area contributed by atoms with Crippen molar-refractivity contribution in [3.8, 4) is 0 Å². The summed E-state index contributed by atoms with van der Waals surface area (Å²) >= 11 is 0. The summed E-state index contributed by atoms with van der Waals surface area (Å²) in [5.74, 6) is 0.303. The average molecular weight is 236 g/mol. The third-order valence-electron chi connectivity index (χ3n) is 2.19. The van der Waals surface area contributed by atoms with Gasteiger partial charge in [0.15, 0.2) is 0 Å². The lowest BCUT2D eigenvalue weighted by Crippen LogP contribution is -2.25. The third kappa shape index (κ3) is 5.92. The molecule has 0 saturated carbocycles. The second-order valence-electron chi connectivity index (χ2n) is 4.48. The molecule has 1 rings (SSSR count). The molecule has 0 radical (unpaired) electrons. The fourth-order valence-corrected chi connectivity index (χ4v) is 1.35. The van der Waals surface area contributed by atoms with Crippen LogP contribution in [0.25, 0.3) is 0 Å². The zero-order valence-corrected chi connectivity index (χ0v) is 10.4. The minimum absolute atomic E-state index is 0.104. The summed E-state index contributed by atoms with van der Waals surface area (Å²) in [6, 6.07) is 7.55. The summed E-state index contributed by atoms with van der Waals surface area (Å²) < 4.78 is 0. The number of carbonyl (C=O) groups is 1. The first-order valence-corrected chi connectivity index (χ1v) is 5.83. The van der Waals surface area contributed by atoms with Crippen molar-refractivity contribution >= 4 is 11.6 Å². The Morgan fingerprint density at radius 2 is 2.24 bits per heavy atom. The molecule has 1 aromatic carbocycles. The Kier molecular flexibility index (Phi) is 5.49. The highest BCUT2D eigenvalue weighted by atomic mass is 16.6. The van der Waals surface area contributed by atoms with Crippen LogP contribution in [0.1, 0.15) is 25.8 Å². The van der Waals surface area contributed by atoms with Gasteiger partial charge in [-0.3, -0.25) is 9.63 Å². The summed E-state index contributed by atoms with van der Waals surface area (Å²) in [5.41, 5.74) is 9.86. The van der Waals surface area contributed by atoms with Gasteiger partial charge in [0.1, 0.15) is 0 Å². The van der Waals surface area contributed by atoms with E-state index in [2.05, 4.69) is 5.48 Å². The molecule has 1 amide bonds. The van der Waals surface area contributed by atoms with Crippen LogP contribution in [0.5, 0.6) is 0 Å². The van der Waals surface area contributed by atoms with E-state index < -0.39 is 0 Å². The normalized spacial score (nSPS) is 10.5. The number of anilines is 1. The van der Waals surface area contributed by atoms with Crippen molar-refractivity contribution in [3.05, 3.63) is 29.8 Å². The number of amides is 1. The van der Waals surface area contributed by atoms with Crippen molar-refractivity contribution in [3.63, 3.8) is 0 Å². The van der Waals surface area contributed by atoms with Crippen molar-refractivity contribution in [1.29, 1.82) is 0 Å². The summed E-state index contributed by atoms with van der Waals surface area (Å²) in [6.07, 6.45) is 1.07. The first-order valence-electron chi connectivity index (χ1n) is 5.83. The third-order valence-corrected chi connectivity index (χ3v) is 2.19. The second-order valence-corrected chi connectivity index (χ2v) is 4.48. The second kappa shape index (κ2) is 6.91. The standard InChI is InChI=1S/C13H20N2O2/c1-10(2)9-17-15-13(16)7-6-11-4-3-5-12(14)8-11/h3-5,8,10H,6-7,9,14H2,1-2H3,(H,15,16). The molecule has 1 aromatic rings. The van der Waals surface area contributed by atoms with Gasteiger partial charge in [0.25, 0.3) is 0 Å². The number of rotatable bonds is 6. The predicted octanol–water partition coefficient (Wildman–Crippen LogP) is 1.91. The highest BCUT2D eigenvalue weighted by molar-refractivity contribution is 5.75. The van der Waals surface area contributed by atoms with E-state index in [0.717, 1.165) is 11.3 Å². The van der Waals surface area contributed by atoms with Gasteiger partial charge in [0, 0.05) is 12.1 Å². The van der Waals surface area contributed by atoms with Crippen molar-refractivity contribution in [2.75, 3.05) is 12.3 Å². The molecule has 4 heteroatoms. The maximum atomic E-state index is 11.4. The van der Waals surface area contributed by atoms with Gasteiger partial charge in [-0.2, -0.15) is 0 Å². The topological polar surface area (TPSA) is 64.3 Å². The first kappa shape index (κ1) is 13.5. The molecule has 3 N–H and O–H groups in total. The molecular formula is C13H20N2O2. The van der Waals surface area contributed by atoms with Gasteiger partial charge in [-0.1, -0.05) is 26.0 Å². The zero-order chi connectivity index (χ0) is 12.7. The number of aryl methyl sites for hydroxylation is 1. The highest BCUT2D eigenvalue weighted by Gasteiger charge is 2.03. The zero-order valence-electron chi connectivity index (χ0n) is 10.4. The summed E-state index contributed by atoms with van der Waals surface area (Å²) in [4.78, 5) is 16.5. The fraction of sp³-hybridized carbons (Fsp3) is 0.462. The predicted molar refractivity (Wildman–Crippen MR) is 68.1 cm³/mol. The molecule has 0 spiro atoms. The van der Waals surface area contributed by atoms with Crippen molar-refractivity contribution < 1.29 is 9.63 Å². The van der Waals surface area contributed by atoms with Crippen LogP contribution in [0, 0.1) is 5.92 Å². The Bertz CT molecular complexity index is 364.